The number of rotatable bonds is 0. The number of hydrogen-bond donors (Lipinski definition) is 0. The molecule has 0 aromatic carbocycles. The summed E-state index contributed by atoms with van der Waals surface area (Å²) in [5, 5.41) is -1.38. The van der Waals surface area contributed by atoms with Gasteiger partial charge in [-0.05, 0) is 0 Å². The molecule has 1 rings (SSSR count). The summed E-state index contributed by atoms with van der Waals surface area (Å²) in [4.78, 5) is 0. The summed E-state index contributed by atoms with van der Waals surface area (Å²) in [6.45, 7) is 0. The maximum absolute atomic E-state index is 11.9. The molecule has 1 atom stereocenters. The zero-order chi connectivity index (χ0) is 7.02. The molecule has 0 aromatic heterocycles. The molecule has 0 aromatic rings. The van der Waals surface area contributed by atoms with Crippen molar-refractivity contribution in [2.75, 3.05) is 0 Å². The second-order valence-corrected chi connectivity index (χ2v) is 2.54. The van der Waals surface area contributed by atoms with Crippen LogP contribution >= 0.6 is 11.6 Å². The lowest BCUT2D eigenvalue weighted by molar-refractivity contribution is 0.391. The third kappa shape index (κ3) is 1.08. The Morgan fingerprint density at radius 2 is 2.00 bits per heavy atom. The first-order valence-electron chi connectivity index (χ1n) is 2.13. The summed E-state index contributed by atoms with van der Waals surface area (Å²) in [5.74, 6) is -1.62. The first-order valence-corrected chi connectivity index (χ1v) is 3.01. The molecular formula is C3HBF4S. The van der Waals surface area contributed by atoms with Gasteiger partial charge in [-0.1, -0.05) is 11.6 Å². The molecule has 9 heavy (non-hydrogen) atoms. The van der Waals surface area contributed by atoms with Crippen LogP contribution in [0.25, 0.3) is 0 Å². The summed E-state index contributed by atoms with van der Waals surface area (Å²) in [6, 6.07) is 0. The Balaban J connectivity index is 2.74. The highest BCUT2D eigenvalue weighted by atomic mass is 32.2. The van der Waals surface area contributed by atoms with E-state index in [0.29, 0.717) is 0 Å². The monoisotopic (exact) mass is 156 g/mol. The van der Waals surface area contributed by atoms with Crippen LogP contribution in [0.15, 0.2) is 11.0 Å². The molecular weight excluding hydrogens is 155 g/mol. The molecule has 6 heteroatoms. The summed E-state index contributed by atoms with van der Waals surface area (Å²) < 4.78 is 47.4. The molecule has 0 saturated heterocycles. The van der Waals surface area contributed by atoms with Crippen LogP contribution in [0.3, 0.4) is 0 Å². The fourth-order valence-electron chi connectivity index (χ4n) is 0.438. The van der Waals surface area contributed by atoms with Gasteiger partial charge in [-0.25, -0.2) is 8.78 Å². The number of halogens is 4. The fourth-order valence-corrected chi connectivity index (χ4v) is 1.10. The van der Waals surface area contributed by atoms with Crippen molar-refractivity contribution >= 4 is 17.9 Å². The van der Waals surface area contributed by atoms with Crippen molar-refractivity contribution in [2.24, 2.45) is 0 Å². The summed E-state index contributed by atoms with van der Waals surface area (Å²) in [6.07, 6.45) is -4.51. The van der Waals surface area contributed by atoms with Gasteiger partial charge in [0.1, 0.15) is 0 Å². The van der Waals surface area contributed by atoms with Crippen LogP contribution in [0, 0.1) is 0 Å². The predicted octanol–water partition coefficient (Wildman–Crippen LogP) is 2.18. The van der Waals surface area contributed by atoms with Crippen LogP contribution in [-0.4, -0.2) is 12.3 Å². The van der Waals surface area contributed by atoms with Gasteiger partial charge in [0, 0.05) is 0 Å². The maximum atomic E-state index is 11.9. The van der Waals surface area contributed by atoms with Crippen molar-refractivity contribution in [1.29, 1.82) is 0 Å². The van der Waals surface area contributed by atoms with E-state index in [1.807, 2.05) is 0 Å². The molecule has 0 saturated carbocycles. The van der Waals surface area contributed by atoms with E-state index in [1.165, 1.54) is 0 Å². The van der Waals surface area contributed by atoms with Crippen molar-refractivity contribution in [3.8, 4) is 0 Å². The Kier molecular flexibility index (Phi) is 1.74. The minimum absolute atomic E-state index is 0.0671. The predicted molar refractivity (Wildman–Crippen MR) is 28.6 cm³/mol. The normalized spacial score (nSPS) is 28.0. The van der Waals surface area contributed by atoms with Gasteiger partial charge in [-0.2, -0.15) is 4.39 Å². The molecule has 0 aliphatic carbocycles. The highest BCUT2D eigenvalue weighted by Crippen LogP contribution is 2.38. The lowest BCUT2D eigenvalue weighted by atomic mass is 9.94. The first kappa shape index (κ1) is 6.99. The molecule has 0 spiro atoms. The van der Waals surface area contributed by atoms with Gasteiger partial charge in [0.15, 0.2) is 17.1 Å². The third-order valence-electron chi connectivity index (χ3n) is 0.876. The Morgan fingerprint density at radius 1 is 1.44 bits per heavy atom. The summed E-state index contributed by atoms with van der Waals surface area (Å²) >= 11 is -0.0671. The fraction of sp³-hybridized carbons (Fsp3) is 0.333. The van der Waals surface area contributed by atoms with Crippen molar-refractivity contribution < 1.29 is 17.5 Å². The second kappa shape index (κ2) is 2.25. The van der Waals surface area contributed by atoms with E-state index in [-0.39, 0.29) is 11.6 Å². The minimum Gasteiger partial charge on any atom is -0.315 e. The van der Waals surface area contributed by atoms with Crippen LogP contribution in [0.1, 0.15) is 0 Å². The molecule has 0 fully saturated rings. The maximum Gasteiger partial charge on any atom is 0.461 e. The Labute approximate surface area is 53.3 Å². The number of hydrogen-bond acceptors (Lipinski definition) is 1. The Morgan fingerprint density at radius 3 is 2.11 bits per heavy atom. The smallest absolute Gasteiger partial charge is 0.315 e. The number of allylic oxidation sites excluding steroid dienone is 1. The van der Waals surface area contributed by atoms with Crippen LogP contribution in [0.5, 0.6) is 0 Å². The molecule has 0 amide bonds. The molecule has 1 aliphatic rings. The standard InChI is InChI=1S/C3HBF4S/c5-1-2(6)4(8)9-3(1)7/h2H. The zero-order valence-electron chi connectivity index (χ0n) is 4.07. The van der Waals surface area contributed by atoms with Gasteiger partial charge in [-0.3, -0.25) is 0 Å². The van der Waals surface area contributed by atoms with Gasteiger partial charge in [0.05, 0.1) is 0 Å². The van der Waals surface area contributed by atoms with E-state index < -0.39 is 23.3 Å². The van der Waals surface area contributed by atoms with Crippen molar-refractivity contribution in [3.63, 3.8) is 0 Å². The topological polar surface area (TPSA) is 0 Å². The van der Waals surface area contributed by atoms with Crippen molar-refractivity contribution in [3.05, 3.63) is 11.0 Å². The SMILES string of the molecule is FB1SC(F)=C(F)C1F. The van der Waals surface area contributed by atoms with Crippen molar-refractivity contribution in [2.45, 2.75) is 6.07 Å². The van der Waals surface area contributed by atoms with Gasteiger partial charge in [0.25, 0.3) is 0 Å². The summed E-state index contributed by atoms with van der Waals surface area (Å²) in [7, 11) is 0. The van der Waals surface area contributed by atoms with Gasteiger partial charge in [0.2, 0.25) is 0 Å². The van der Waals surface area contributed by atoms with Crippen LogP contribution in [0.2, 0.25) is 0 Å². The molecule has 1 heterocycles. The van der Waals surface area contributed by atoms with Gasteiger partial charge >= 0.3 is 6.27 Å². The lowest BCUT2D eigenvalue weighted by Gasteiger charge is -1.92. The molecule has 0 radical (unpaired) electrons. The first-order chi connectivity index (χ1) is 4.13. The molecule has 0 bridgehead atoms. The molecule has 0 N–H and O–H groups in total. The largest absolute Gasteiger partial charge is 0.461 e. The molecule has 0 nitrogen and oxygen atoms in total. The van der Waals surface area contributed by atoms with Crippen molar-refractivity contribution in [1.82, 2.24) is 0 Å². The van der Waals surface area contributed by atoms with E-state index in [1.54, 1.807) is 0 Å². The lowest BCUT2D eigenvalue weighted by Crippen LogP contribution is -2.13. The van der Waals surface area contributed by atoms with E-state index in [4.69, 9.17) is 0 Å². The van der Waals surface area contributed by atoms with E-state index in [2.05, 4.69) is 0 Å². The Hall–Kier alpha value is -0.125. The third-order valence-corrected chi connectivity index (χ3v) is 1.74. The highest BCUT2D eigenvalue weighted by Gasteiger charge is 2.42. The van der Waals surface area contributed by atoms with E-state index in [9.17, 15) is 17.5 Å². The van der Waals surface area contributed by atoms with Crippen LogP contribution in [0.4, 0.5) is 17.5 Å². The summed E-state index contributed by atoms with van der Waals surface area (Å²) in [5.41, 5.74) is 0. The zero-order valence-corrected chi connectivity index (χ0v) is 4.89. The number of alkyl halides is 1. The van der Waals surface area contributed by atoms with Crippen LogP contribution in [-0.2, 0) is 0 Å². The van der Waals surface area contributed by atoms with Crippen LogP contribution < -0.4 is 0 Å². The average Bonchev–Trinajstić information content (AvgIpc) is 1.98. The highest BCUT2D eigenvalue weighted by molar-refractivity contribution is 8.28. The second-order valence-electron chi connectivity index (χ2n) is 1.49. The van der Waals surface area contributed by atoms with Gasteiger partial charge in [-0.15, -0.1) is 0 Å². The molecule has 1 unspecified atom stereocenters. The average molecular weight is 156 g/mol. The van der Waals surface area contributed by atoms with Gasteiger partial charge < -0.3 is 4.32 Å². The molecule has 1 aliphatic heterocycles. The van der Waals surface area contributed by atoms with E-state index in [0.717, 1.165) is 0 Å². The minimum atomic E-state index is -2.41. The quantitative estimate of drug-likeness (QED) is 0.382. The molecule has 50 valence electrons. The van der Waals surface area contributed by atoms with E-state index >= 15 is 0 Å². The Bertz CT molecular complexity index is 158.